The first-order chi connectivity index (χ1) is 17.2. The number of rotatable bonds is 3. The third-order valence-corrected chi connectivity index (χ3v) is 7.15. The Balaban J connectivity index is 1.48. The number of aliphatic hydroxyl groups excluding tert-OH is 1. The number of nitrogens with zero attached hydrogens (tertiary/aromatic N) is 6. The topological polar surface area (TPSA) is 97.8 Å². The maximum atomic E-state index is 14.6. The molecule has 3 aromatic rings. The minimum atomic E-state index is -1.54. The number of likely N-dealkylation sites (tertiary alicyclic amines) is 1. The quantitative estimate of drug-likeness (QED) is 0.418. The molecule has 12 heteroatoms. The Morgan fingerprint density at radius 2 is 2.00 bits per heavy atom. The van der Waals surface area contributed by atoms with Gasteiger partial charge in [0.2, 0.25) is 0 Å². The van der Waals surface area contributed by atoms with Gasteiger partial charge in [-0.2, -0.15) is 10.4 Å². The van der Waals surface area contributed by atoms with Crippen LogP contribution in [0.2, 0.25) is 5.02 Å². The number of hydrogen-bond acceptors (Lipinski definition) is 6. The van der Waals surface area contributed by atoms with Crippen molar-refractivity contribution in [3.05, 3.63) is 57.6 Å². The van der Waals surface area contributed by atoms with Crippen LogP contribution in [0.15, 0.2) is 18.3 Å². The molecule has 36 heavy (non-hydrogen) atoms. The van der Waals surface area contributed by atoms with Gasteiger partial charge in [0, 0.05) is 37.5 Å². The molecule has 2 fully saturated rings. The molecule has 2 aromatic heterocycles. The number of benzene rings is 1. The van der Waals surface area contributed by atoms with Crippen LogP contribution in [-0.4, -0.2) is 56.2 Å². The predicted octanol–water partition coefficient (Wildman–Crippen LogP) is 3.80. The second-order valence-corrected chi connectivity index (χ2v) is 9.56. The molecule has 0 radical (unpaired) electrons. The van der Waals surface area contributed by atoms with E-state index >= 15 is 0 Å². The van der Waals surface area contributed by atoms with Gasteiger partial charge in [-0.05, 0) is 32.3 Å². The number of aryl methyl sites for hydroxylation is 1. The summed E-state index contributed by atoms with van der Waals surface area (Å²) in [7, 11) is 0. The molecule has 2 aliphatic heterocycles. The van der Waals surface area contributed by atoms with E-state index in [4.69, 9.17) is 11.6 Å². The van der Waals surface area contributed by atoms with E-state index in [-0.39, 0.29) is 13.1 Å². The molecule has 0 aliphatic carbocycles. The Bertz CT molecular complexity index is 1410. The van der Waals surface area contributed by atoms with Crippen molar-refractivity contribution in [1.29, 1.82) is 5.26 Å². The van der Waals surface area contributed by atoms with E-state index in [2.05, 4.69) is 16.2 Å². The van der Waals surface area contributed by atoms with Gasteiger partial charge in [-0.3, -0.25) is 4.79 Å². The van der Waals surface area contributed by atoms with E-state index in [0.29, 0.717) is 42.6 Å². The van der Waals surface area contributed by atoms with Crippen LogP contribution in [0.3, 0.4) is 0 Å². The number of nitriles is 1. The summed E-state index contributed by atoms with van der Waals surface area (Å²) in [6.07, 6.45) is 3.01. The predicted molar refractivity (Wildman–Crippen MR) is 124 cm³/mol. The van der Waals surface area contributed by atoms with Crippen molar-refractivity contribution < 1.29 is 23.1 Å². The normalized spacial score (nSPS) is 22.3. The average Bonchev–Trinajstić information content (AvgIpc) is 3.46. The number of amides is 1. The zero-order valence-electron chi connectivity index (χ0n) is 19.3. The number of β-amino-alcohol motifs (C(OH)–C–C–N with tert-alkyl or cyclic N) is 1. The van der Waals surface area contributed by atoms with Crippen LogP contribution in [0.25, 0.3) is 5.65 Å². The maximum absolute atomic E-state index is 14.6. The number of aromatic nitrogens is 3. The molecule has 8 nitrogen and oxygen atoms in total. The molecule has 5 rings (SSSR count). The van der Waals surface area contributed by atoms with Gasteiger partial charge < -0.3 is 14.9 Å². The monoisotopic (exact) mass is 518 g/mol. The molecule has 1 amide bonds. The SMILES string of the molecule is Cc1cn2nc([C@@H]3CCCCN3C(=O)c3cc(F)c(F)c(Cl)c3F)cc2nc1N1C[C@@H](C#N)[C@@H](O)C1. The molecule has 2 saturated heterocycles. The third kappa shape index (κ3) is 4.04. The molecule has 1 aromatic carbocycles. The van der Waals surface area contributed by atoms with Crippen LogP contribution in [0.4, 0.5) is 19.0 Å². The Morgan fingerprint density at radius 1 is 1.22 bits per heavy atom. The number of carbonyl (C=O) groups is 1. The first kappa shape index (κ1) is 24.3. The summed E-state index contributed by atoms with van der Waals surface area (Å²) in [5.74, 6) is -4.91. The zero-order valence-corrected chi connectivity index (χ0v) is 20.0. The van der Waals surface area contributed by atoms with Gasteiger partial charge in [-0.1, -0.05) is 11.6 Å². The standard InChI is InChI=1S/C24H22ClF3N6O2/c1-12-9-34-19(30-23(12)32-10-13(8-29)18(35)11-32)7-16(31-34)17-4-2-3-5-33(17)24(36)14-6-15(26)22(28)20(25)21(14)27/h6-7,9,13,17-18,35H,2-5,10-11H2,1H3/t13-,17+,18+/m1/s1. The van der Waals surface area contributed by atoms with Crippen molar-refractivity contribution in [2.24, 2.45) is 5.92 Å². The zero-order chi connectivity index (χ0) is 25.7. The van der Waals surface area contributed by atoms with E-state index in [1.54, 1.807) is 16.8 Å². The number of piperidine rings is 1. The molecular formula is C24H22ClF3N6O2. The highest BCUT2D eigenvalue weighted by Gasteiger charge is 2.35. The molecule has 0 saturated carbocycles. The van der Waals surface area contributed by atoms with Gasteiger partial charge in [-0.25, -0.2) is 22.7 Å². The maximum Gasteiger partial charge on any atom is 0.257 e. The molecule has 188 valence electrons. The number of aliphatic hydroxyl groups is 1. The van der Waals surface area contributed by atoms with Crippen LogP contribution in [0, 0.1) is 41.6 Å². The number of carbonyl (C=O) groups excluding carboxylic acids is 1. The van der Waals surface area contributed by atoms with E-state index in [1.807, 2.05) is 11.8 Å². The summed E-state index contributed by atoms with van der Waals surface area (Å²) in [6.45, 7) is 2.78. The molecule has 1 N–H and O–H groups in total. The highest BCUT2D eigenvalue weighted by atomic mass is 35.5. The Labute approximate surface area is 209 Å². The molecular weight excluding hydrogens is 497 g/mol. The van der Waals surface area contributed by atoms with E-state index in [1.165, 1.54) is 4.90 Å². The van der Waals surface area contributed by atoms with Gasteiger partial charge in [0.05, 0.1) is 35.4 Å². The van der Waals surface area contributed by atoms with Gasteiger partial charge in [0.25, 0.3) is 5.91 Å². The lowest BCUT2D eigenvalue weighted by Crippen LogP contribution is -2.39. The largest absolute Gasteiger partial charge is 0.390 e. The van der Waals surface area contributed by atoms with E-state index < -0.39 is 52.0 Å². The van der Waals surface area contributed by atoms with Gasteiger partial charge in [-0.15, -0.1) is 0 Å². The van der Waals surface area contributed by atoms with E-state index in [0.717, 1.165) is 12.0 Å². The summed E-state index contributed by atoms with van der Waals surface area (Å²) in [4.78, 5) is 21.2. The van der Waals surface area contributed by atoms with Crippen molar-refractivity contribution >= 4 is 29.0 Å². The lowest BCUT2D eigenvalue weighted by Gasteiger charge is -2.35. The molecule has 2 aliphatic rings. The fourth-order valence-corrected chi connectivity index (χ4v) is 5.15. The minimum absolute atomic E-state index is 0.284. The van der Waals surface area contributed by atoms with Crippen molar-refractivity contribution in [3.8, 4) is 6.07 Å². The second-order valence-electron chi connectivity index (χ2n) is 9.19. The summed E-state index contributed by atoms with van der Waals surface area (Å²) >= 11 is 5.57. The first-order valence-electron chi connectivity index (χ1n) is 11.5. The summed E-state index contributed by atoms with van der Waals surface area (Å²) in [5, 5.41) is 22.9. The van der Waals surface area contributed by atoms with Crippen molar-refractivity contribution in [2.45, 2.75) is 38.3 Å². The molecule has 0 bridgehead atoms. The van der Waals surface area contributed by atoms with Crippen LogP contribution in [-0.2, 0) is 0 Å². The smallest absolute Gasteiger partial charge is 0.257 e. The Hall–Kier alpha value is -3.36. The summed E-state index contributed by atoms with van der Waals surface area (Å²) < 4.78 is 43.8. The lowest BCUT2D eigenvalue weighted by atomic mass is 9.98. The fourth-order valence-electron chi connectivity index (χ4n) is 4.95. The average molecular weight is 519 g/mol. The molecule has 0 spiro atoms. The molecule has 4 heterocycles. The Kier molecular flexibility index (Phi) is 6.26. The third-order valence-electron chi connectivity index (χ3n) is 6.82. The van der Waals surface area contributed by atoms with Crippen molar-refractivity contribution in [2.75, 3.05) is 24.5 Å². The highest BCUT2D eigenvalue weighted by molar-refractivity contribution is 6.31. The van der Waals surface area contributed by atoms with Gasteiger partial charge >= 0.3 is 0 Å². The Morgan fingerprint density at radius 3 is 2.72 bits per heavy atom. The van der Waals surface area contributed by atoms with Crippen molar-refractivity contribution in [1.82, 2.24) is 19.5 Å². The number of fused-ring (bicyclic) bond motifs is 1. The molecule has 3 atom stereocenters. The fraction of sp³-hybridized carbons (Fsp3) is 0.417. The summed E-state index contributed by atoms with van der Waals surface area (Å²) in [6, 6.07) is 3.83. The minimum Gasteiger partial charge on any atom is -0.390 e. The molecule has 0 unspecified atom stereocenters. The number of anilines is 1. The van der Waals surface area contributed by atoms with E-state index in [9.17, 15) is 28.3 Å². The first-order valence-corrected chi connectivity index (χ1v) is 11.9. The second kappa shape index (κ2) is 9.26. The number of halogens is 4. The lowest BCUT2D eigenvalue weighted by molar-refractivity contribution is 0.0600. The van der Waals surface area contributed by atoms with Crippen LogP contribution in [0.1, 0.15) is 46.9 Å². The van der Waals surface area contributed by atoms with Crippen LogP contribution >= 0.6 is 11.6 Å². The van der Waals surface area contributed by atoms with Crippen molar-refractivity contribution in [3.63, 3.8) is 0 Å². The number of hydrogen-bond donors (Lipinski definition) is 1. The van der Waals surface area contributed by atoms with Gasteiger partial charge in [0.1, 0.15) is 10.8 Å². The summed E-state index contributed by atoms with van der Waals surface area (Å²) in [5.41, 5.74) is 1.18. The highest BCUT2D eigenvalue weighted by Crippen LogP contribution is 2.34. The van der Waals surface area contributed by atoms with Gasteiger partial charge in [0.15, 0.2) is 23.1 Å². The van der Waals surface area contributed by atoms with Crippen LogP contribution < -0.4 is 4.90 Å². The van der Waals surface area contributed by atoms with Crippen LogP contribution in [0.5, 0.6) is 0 Å².